The third-order valence-corrected chi connectivity index (χ3v) is 5.51. The van der Waals surface area contributed by atoms with Crippen molar-refractivity contribution in [3.63, 3.8) is 0 Å². The molecule has 0 spiro atoms. The highest BCUT2D eigenvalue weighted by atomic mass is 19.4. The molecule has 2 aromatic carbocycles. The minimum atomic E-state index is -4.63. The Morgan fingerprint density at radius 1 is 1.11 bits per heavy atom. The molecule has 0 aliphatic heterocycles. The van der Waals surface area contributed by atoms with E-state index in [1.807, 2.05) is 24.3 Å². The van der Waals surface area contributed by atoms with E-state index in [9.17, 15) is 18.0 Å². The molecule has 2 heterocycles. The van der Waals surface area contributed by atoms with Gasteiger partial charge in [0.15, 0.2) is 11.5 Å². The molecule has 1 amide bonds. The van der Waals surface area contributed by atoms with Gasteiger partial charge in [-0.15, -0.1) is 0 Å². The fourth-order valence-corrected chi connectivity index (χ4v) is 3.69. The standard InChI is InChI=1S/C25H24F3N5O4/c1-36-18-8-6-17(16-7-9-20(25(26,27)28)32-21(16)18)24-33-22(19(12-29)37-24)23(35)31-13-14-2-4-15(5-3-14)30-10-11-34/h2-9,30,34H,10-13,29H2,1H3,(H,31,35). The number of anilines is 1. The second-order valence-electron chi connectivity index (χ2n) is 7.93. The molecule has 0 bridgehead atoms. The summed E-state index contributed by atoms with van der Waals surface area (Å²) in [5, 5.41) is 15.0. The number of fused-ring (bicyclic) bond motifs is 1. The monoisotopic (exact) mass is 515 g/mol. The van der Waals surface area contributed by atoms with Gasteiger partial charge in [0.05, 0.1) is 20.3 Å². The van der Waals surface area contributed by atoms with Crippen molar-refractivity contribution in [2.24, 2.45) is 5.73 Å². The number of alkyl halides is 3. The fourth-order valence-electron chi connectivity index (χ4n) is 3.69. The van der Waals surface area contributed by atoms with Crippen LogP contribution in [0.5, 0.6) is 5.75 Å². The van der Waals surface area contributed by atoms with E-state index in [0.717, 1.165) is 17.3 Å². The average molecular weight is 515 g/mol. The Kier molecular flexibility index (Phi) is 7.60. The van der Waals surface area contributed by atoms with Gasteiger partial charge in [-0.2, -0.15) is 13.2 Å². The van der Waals surface area contributed by atoms with Crippen molar-refractivity contribution < 1.29 is 32.2 Å². The molecule has 0 aliphatic carbocycles. The molecule has 12 heteroatoms. The first-order valence-corrected chi connectivity index (χ1v) is 11.2. The van der Waals surface area contributed by atoms with Gasteiger partial charge in [-0.3, -0.25) is 4.79 Å². The molecule has 0 atom stereocenters. The van der Waals surface area contributed by atoms with Gasteiger partial charge in [-0.05, 0) is 42.0 Å². The number of carbonyl (C=O) groups is 1. The highest BCUT2D eigenvalue weighted by Crippen LogP contribution is 2.36. The number of hydrogen-bond acceptors (Lipinski definition) is 8. The summed E-state index contributed by atoms with van der Waals surface area (Å²) < 4.78 is 50.6. The van der Waals surface area contributed by atoms with E-state index in [2.05, 4.69) is 20.6 Å². The molecule has 4 rings (SSSR count). The summed E-state index contributed by atoms with van der Waals surface area (Å²) in [6, 6.07) is 12.4. The summed E-state index contributed by atoms with van der Waals surface area (Å²) in [4.78, 5) is 20.9. The summed E-state index contributed by atoms with van der Waals surface area (Å²) in [5.74, 6) is -0.238. The van der Waals surface area contributed by atoms with Gasteiger partial charge in [0.25, 0.3) is 5.91 Å². The van der Waals surface area contributed by atoms with Crippen LogP contribution in [0.25, 0.3) is 22.4 Å². The zero-order valence-electron chi connectivity index (χ0n) is 19.7. The van der Waals surface area contributed by atoms with Gasteiger partial charge in [-0.25, -0.2) is 9.97 Å². The van der Waals surface area contributed by atoms with Crippen LogP contribution in [0.1, 0.15) is 27.5 Å². The number of nitrogens with one attached hydrogen (secondary N) is 2. The van der Waals surface area contributed by atoms with Crippen LogP contribution < -0.4 is 21.1 Å². The van der Waals surface area contributed by atoms with Crippen molar-refractivity contribution in [2.45, 2.75) is 19.3 Å². The number of methoxy groups -OCH3 is 1. The van der Waals surface area contributed by atoms with Gasteiger partial charge in [0, 0.05) is 29.7 Å². The molecule has 0 fully saturated rings. The van der Waals surface area contributed by atoms with Crippen LogP contribution in [0.3, 0.4) is 0 Å². The topological polar surface area (TPSA) is 136 Å². The zero-order chi connectivity index (χ0) is 26.6. The number of oxazole rings is 1. The SMILES string of the molecule is COc1ccc(-c2nc(C(=O)NCc3ccc(NCCO)cc3)c(CN)o2)c2ccc(C(F)(F)F)nc12. The number of aromatic nitrogens is 2. The summed E-state index contributed by atoms with van der Waals surface area (Å²) in [6.07, 6.45) is -4.63. The van der Waals surface area contributed by atoms with Crippen LogP contribution in [-0.2, 0) is 19.3 Å². The third-order valence-electron chi connectivity index (χ3n) is 5.51. The maximum absolute atomic E-state index is 13.2. The Morgan fingerprint density at radius 3 is 2.51 bits per heavy atom. The van der Waals surface area contributed by atoms with Crippen molar-refractivity contribution in [3.05, 3.63) is 71.2 Å². The summed E-state index contributed by atoms with van der Waals surface area (Å²) in [7, 11) is 1.33. The lowest BCUT2D eigenvalue weighted by molar-refractivity contribution is -0.140. The zero-order valence-corrected chi connectivity index (χ0v) is 19.7. The quantitative estimate of drug-likeness (QED) is 0.265. The number of hydrogen-bond donors (Lipinski definition) is 4. The smallest absolute Gasteiger partial charge is 0.433 e. The number of carbonyl (C=O) groups excluding carboxylic acids is 1. The van der Waals surface area contributed by atoms with E-state index in [0.29, 0.717) is 17.5 Å². The molecule has 0 saturated heterocycles. The van der Waals surface area contributed by atoms with Crippen LogP contribution in [0.15, 0.2) is 52.9 Å². The van der Waals surface area contributed by atoms with Crippen LogP contribution >= 0.6 is 0 Å². The highest BCUT2D eigenvalue weighted by Gasteiger charge is 2.33. The maximum atomic E-state index is 13.2. The van der Waals surface area contributed by atoms with Crippen molar-refractivity contribution in [1.82, 2.24) is 15.3 Å². The van der Waals surface area contributed by atoms with E-state index in [1.165, 1.54) is 19.2 Å². The van der Waals surface area contributed by atoms with Gasteiger partial charge >= 0.3 is 6.18 Å². The summed E-state index contributed by atoms with van der Waals surface area (Å²) >= 11 is 0. The molecule has 0 aliphatic rings. The largest absolute Gasteiger partial charge is 0.494 e. The number of ether oxygens (including phenoxy) is 1. The third kappa shape index (κ3) is 5.65. The predicted octanol–water partition coefficient (Wildman–Crippen LogP) is 3.71. The lowest BCUT2D eigenvalue weighted by Crippen LogP contribution is -2.24. The number of aliphatic hydroxyl groups is 1. The molecular weight excluding hydrogens is 491 g/mol. The number of rotatable bonds is 9. The summed E-state index contributed by atoms with van der Waals surface area (Å²) in [6.45, 7) is 0.528. The molecule has 0 radical (unpaired) electrons. The van der Waals surface area contributed by atoms with E-state index >= 15 is 0 Å². The van der Waals surface area contributed by atoms with Gasteiger partial charge in [0.1, 0.15) is 17.0 Å². The van der Waals surface area contributed by atoms with Crippen molar-refractivity contribution >= 4 is 22.5 Å². The van der Waals surface area contributed by atoms with Crippen LogP contribution in [-0.4, -0.2) is 41.2 Å². The molecule has 2 aromatic heterocycles. The van der Waals surface area contributed by atoms with Gasteiger partial charge in [-0.1, -0.05) is 12.1 Å². The first-order valence-electron chi connectivity index (χ1n) is 11.2. The first-order chi connectivity index (χ1) is 17.7. The van der Waals surface area contributed by atoms with Crippen LogP contribution in [0.4, 0.5) is 18.9 Å². The Morgan fingerprint density at radius 2 is 1.86 bits per heavy atom. The maximum Gasteiger partial charge on any atom is 0.433 e. The molecule has 37 heavy (non-hydrogen) atoms. The predicted molar refractivity (Wildman–Crippen MR) is 130 cm³/mol. The lowest BCUT2D eigenvalue weighted by Gasteiger charge is -2.11. The average Bonchev–Trinajstić information content (AvgIpc) is 3.34. The fraction of sp³-hybridized carbons (Fsp3) is 0.240. The van der Waals surface area contributed by atoms with Crippen LogP contribution in [0, 0.1) is 0 Å². The van der Waals surface area contributed by atoms with Crippen LogP contribution in [0.2, 0.25) is 0 Å². The first kappa shape index (κ1) is 25.9. The second-order valence-corrected chi connectivity index (χ2v) is 7.93. The number of nitrogens with zero attached hydrogens (tertiary/aromatic N) is 2. The van der Waals surface area contributed by atoms with Gasteiger partial charge in [0.2, 0.25) is 5.89 Å². The number of nitrogens with two attached hydrogens (primary N) is 1. The highest BCUT2D eigenvalue weighted by molar-refractivity contribution is 5.98. The number of amides is 1. The minimum Gasteiger partial charge on any atom is -0.494 e. The molecular formula is C25H24F3N5O4. The van der Waals surface area contributed by atoms with Gasteiger partial charge < -0.3 is 30.6 Å². The Hall–Kier alpha value is -4.16. The number of pyridine rings is 1. The lowest BCUT2D eigenvalue weighted by atomic mass is 10.1. The molecule has 4 aromatic rings. The van der Waals surface area contributed by atoms with E-state index in [1.54, 1.807) is 6.07 Å². The molecule has 194 valence electrons. The van der Waals surface area contributed by atoms with Crippen molar-refractivity contribution in [3.8, 4) is 17.2 Å². The number of benzene rings is 2. The van der Waals surface area contributed by atoms with Crippen molar-refractivity contribution in [2.75, 3.05) is 25.6 Å². The minimum absolute atomic E-state index is 0.0123. The number of halogens is 3. The summed E-state index contributed by atoms with van der Waals surface area (Å²) in [5.41, 5.74) is 6.65. The second kappa shape index (κ2) is 10.8. The van der Waals surface area contributed by atoms with E-state index < -0.39 is 17.8 Å². The molecule has 0 unspecified atom stereocenters. The molecule has 0 saturated carbocycles. The van der Waals surface area contributed by atoms with E-state index in [4.69, 9.17) is 20.0 Å². The van der Waals surface area contributed by atoms with E-state index in [-0.39, 0.29) is 48.3 Å². The Balaban J connectivity index is 1.60. The number of aliphatic hydroxyl groups excluding tert-OH is 1. The Bertz CT molecular complexity index is 1400. The Labute approximate surface area is 209 Å². The van der Waals surface area contributed by atoms with Crippen molar-refractivity contribution in [1.29, 1.82) is 0 Å². The molecule has 9 nitrogen and oxygen atoms in total. The molecule has 5 N–H and O–H groups in total. The normalized spacial score (nSPS) is 11.5.